The van der Waals surface area contributed by atoms with E-state index >= 15 is 0 Å². The highest BCUT2D eigenvalue weighted by Gasteiger charge is 2.12. The molecule has 4 heteroatoms. The van der Waals surface area contributed by atoms with Gasteiger partial charge >= 0.3 is 5.97 Å². The first-order valence-electron chi connectivity index (χ1n) is 8.72. The van der Waals surface area contributed by atoms with Crippen molar-refractivity contribution in [2.45, 2.75) is 59.0 Å². The maximum Gasteiger partial charge on any atom is 0.331 e. The molecule has 0 aliphatic carbocycles. The Hall–Kier alpha value is -1.65. The average Bonchev–Trinajstić information content (AvgIpc) is 2.60. The van der Waals surface area contributed by atoms with Gasteiger partial charge in [0, 0.05) is 12.0 Å². The lowest BCUT2D eigenvalue weighted by molar-refractivity contribution is -0.133. The fourth-order valence-electron chi connectivity index (χ4n) is 2.03. The Labute approximate surface area is 145 Å². The molecule has 0 aliphatic rings. The quantitative estimate of drug-likeness (QED) is 0.593. The number of unbranched alkanes of at least 4 members (excludes halogenated alkanes) is 1. The highest BCUT2D eigenvalue weighted by molar-refractivity contribution is 5.92. The van der Waals surface area contributed by atoms with Gasteiger partial charge in [-0.1, -0.05) is 76.8 Å². The van der Waals surface area contributed by atoms with Crippen LogP contribution in [0.25, 0.3) is 6.08 Å². The molecule has 0 fully saturated rings. The average molecular weight is 336 g/mol. The Bertz CT molecular complexity index is 468. The molecule has 0 aliphatic heterocycles. The van der Waals surface area contributed by atoms with Gasteiger partial charge in [0.25, 0.3) is 0 Å². The lowest BCUT2D eigenvalue weighted by Crippen LogP contribution is -2.16. The van der Waals surface area contributed by atoms with Gasteiger partial charge in [-0.2, -0.15) is 0 Å². The highest BCUT2D eigenvalue weighted by Crippen LogP contribution is 2.12. The van der Waals surface area contributed by atoms with Crippen LogP contribution in [0.15, 0.2) is 35.9 Å². The van der Waals surface area contributed by atoms with Gasteiger partial charge in [-0.15, -0.1) is 0 Å². The Kier molecular flexibility index (Phi) is 12.8. The molecule has 0 amide bonds. The number of hydrogen-bond donors (Lipinski definition) is 3. The summed E-state index contributed by atoms with van der Waals surface area (Å²) in [6.45, 7) is 6.40. The summed E-state index contributed by atoms with van der Waals surface area (Å²) in [4.78, 5) is 10.9. The molecule has 4 nitrogen and oxygen atoms in total. The monoisotopic (exact) mass is 336 g/mol. The molecule has 0 bridgehead atoms. The molecule has 3 N–H and O–H groups in total. The first-order chi connectivity index (χ1) is 11.4. The molecule has 1 aromatic rings. The number of rotatable bonds is 9. The van der Waals surface area contributed by atoms with E-state index in [2.05, 4.69) is 20.8 Å². The van der Waals surface area contributed by atoms with Crippen LogP contribution in [-0.2, 0) is 4.79 Å². The third-order valence-electron chi connectivity index (χ3n) is 3.83. The van der Waals surface area contributed by atoms with Crippen LogP contribution >= 0.6 is 0 Å². The van der Waals surface area contributed by atoms with Crippen LogP contribution in [0.3, 0.4) is 0 Å². The van der Waals surface area contributed by atoms with Crippen LogP contribution in [0.4, 0.5) is 0 Å². The maximum absolute atomic E-state index is 10.9. The van der Waals surface area contributed by atoms with E-state index in [4.69, 9.17) is 10.2 Å². The number of hydrogen-bond acceptors (Lipinski definition) is 3. The number of aliphatic hydroxyl groups is 2. The van der Waals surface area contributed by atoms with E-state index in [0.717, 1.165) is 11.5 Å². The van der Waals surface area contributed by atoms with Crippen molar-refractivity contribution < 1.29 is 20.1 Å². The predicted octanol–water partition coefficient (Wildman–Crippen LogP) is 4.12. The maximum atomic E-state index is 10.9. The SMILES string of the molecule is CCCCC(C)CC.O=C(O)C(=Cc1ccccc1)CC(O)CO. The minimum absolute atomic E-state index is 0.0687. The van der Waals surface area contributed by atoms with Crippen molar-refractivity contribution in [2.75, 3.05) is 6.61 Å². The molecule has 0 spiro atoms. The summed E-state index contributed by atoms with van der Waals surface area (Å²) >= 11 is 0. The van der Waals surface area contributed by atoms with Crippen molar-refractivity contribution in [2.24, 2.45) is 5.92 Å². The number of benzene rings is 1. The molecule has 0 heterocycles. The number of carboxylic acid groups (broad SMARTS) is 1. The minimum atomic E-state index is -1.09. The normalized spacial score (nSPS) is 13.6. The second kappa shape index (κ2) is 13.8. The van der Waals surface area contributed by atoms with Crippen molar-refractivity contribution in [1.82, 2.24) is 0 Å². The van der Waals surface area contributed by atoms with Crippen molar-refractivity contribution in [1.29, 1.82) is 0 Å². The molecule has 1 rings (SSSR count). The largest absolute Gasteiger partial charge is 0.478 e. The second-order valence-corrected chi connectivity index (χ2v) is 6.08. The van der Waals surface area contributed by atoms with Gasteiger partial charge in [-0.3, -0.25) is 0 Å². The van der Waals surface area contributed by atoms with E-state index in [9.17, 15) is 9.90 Å². The molecule has 136 valence electrons. The van der Waals surface area contributed by atoms with Gasteiger partial charge in [-0.25, -0.2) is 4.79 Å². The van der Waals surface area contributed by atoms with Gasteiger partial charge in [0.05, 0.1) is 12.7 Å². The zero-order chi connectivity index (χ0) is 18.4. The molecule has 0 radical (unpaired) electrons. The van der Waals surface area contributed by atoms with Crippen LogP contribution in [-0.4, -0.2) is 34.0 Å². The van der Waals surface area contributed by atoms with E-state index in [1.54, 1.807) is 24.3 Å². The summed E-state index contributed by atoms with van der Waals surface area (Å²) in [6.07, 6.45) is 5.92. The van der Waals surface area contributed by atoms with E-state index in [1.165, 1.54) is 31.8 Å². The molecular formula is C20H32O4. The molecule has 0 saturated carbocycles. The number of carbonyl (C=O) groups is 1. The van der Waals surface area contributed by atoms with Crippen LogP contribution in [0.2, 0.25) is 0 Å². The Balaban J connectivity index is 0.000000561. The van der Waals surface area contributed by atoms with Crippen LogP contribution in [0.1, 0.15) is 58.4 Å². The zero-order valence-electron chi connectivity index (χ0n) is 15.1. The van der Waals surface area contributed by atoms with Crippen molar-refractivity contribution in [3.8, 4) is 0 Å². The number of aliphatic hydroxyl groups excluding tert-OH is 2. The Morgan fingerprint density at radius 3 is 2.29 bits per heavy atom. The highest BCUT2D eigenvalue weighted by atomic mass is 16.4. The lowest BCUT2D eigenvalue weighted by atomic mass is 10.0. The summed E-state index contributed by atoms with van der Waals surface area (Å²) in [6, 6.07) is 8.98. The van der Waals surface area contributed by atoms with Crippen LogP contribution in [0.5, 0.6) is 0 Å². The summed E-state index contributed by atoms with van der Waals surface area (Å²) in [5.41, 5.74) is 0.831. The third kappa shape index (κ3) is 11.0. The van der Waals surface area contributed by atoms with Crippen molar-refractivity contribution >= 4 is 12.0 Å². The lowest BCUT2D eigenvalue weighted by Gasteiger charge is -2.07. The fourth-order valence-corrected chi connectivity index (χ4v) is 2.03. The topological polar surface area (TPSA) is 77.8 Å². The smallest absolute Gasteiger partial charge is 0.331 e. The molecule has 2 unspecified atom stereocenters. The Morgan fingerprint density at radius 2 is 1.83 bits per heavy atom. The first-order valence-corrected chi connectivity index (χ1v) is 8.72. The second-order valence-electron chi connectivity index (χ2n) is 6.08. The minimum Gasteiger partial charge on any atom is -0.478 e. The predicted molar refractivity (Wildman–Crippen MR) is 98.7 cm³/mol. The van der Waals surface area contributed by atoms with Gasteiger partial charge in [-0.05, 0) is 17.6 Å². The third-order valence-corrected chi connectivity index (χ3v) is 3.83. The van der Waals surface area contributed by atoms with E-state index in [1.807, 2.05) is 6.07 Å². The van der Waals surface area contributed by atoms with E-state index in [-0.39, 0.29) is 12.0 Å². The van der Waals surface area contributed by atoms with Crippen molar-refractivity contribution in [3.05, 3.63) is 41.5 Å². The summed E-state index contributed by atoms with van der Waals surface area (Å²) in [7, 11) is 0. The molecule has 0 saturated heterocycles. The molecule has 0 aromatic heterocycles. The van der Waals surface area contributed by atoms with E-state index in [0.29, 0.717) is 0 Å². The zero-order valence-corrected chi connectivity index (χ0v) is 15.1. The summed E-state index contributed by atoms with van der Waals surface area (Å²) in [5.74, 6) is -0.133. The fraction of sp³-hybridized carbons (Fsp3) is 0.550. The van der Waals surface area contributed by atoms with Gasteiger partial charge in [0.15, 0.2) is 0 Å². The molecular weight excluding hydrogens is 304 g/mol. The molecule has 1 aromatic carbocycles. The van der Waals surface area contributed by atoms with Crippen LogP contribution < -0.4 is 0 Å². The van der Waals surface area contributed by atoms with Crippen molar-refractivity contribution in [3.63, 3.8) is 0 Å². The molecule has 24 heavy (non-hydrogen) atoms. The summed E-state index contributed by atoms with van der Waals surface area (Å²) in [5, 5.41) is 26.8. The summed E-state index contributed by atoms with van der Waals surface area (Å²) < 4.78 is 0. The number of carboxylic acids is 1. The van der Waals surface area contributed by atoms with Crippen LogP contribution in [0, 0.1) is 5.92 Å². The Morgan fingerprint density at radius 1 is 1.21 bits per heavy atom. The standard InChI is InChI=1S/C12H14O4.C8H18/c13-8-11(14)7-10(12(15)16)6-9-4-2-1-3-5-9;1-4-6-7-8(3)5-2/h1-6,11,13-14H,7-8H2,(H,15,16);8H,4-7H2,1-3H3. The number of aliphatic carboxylic acids is 1. The van der Waals surface area contributed by atoms with Gasteiger partial charge in [0.1, 0.15) is 0 Å². The first kappa shape index (κ1) is 22.4. The molecule has 2 atom stereocenters. The van der Waals surface area contributed by atoms with E-state index < -0.39 is 18.7 Å². The van der Waals surface area contributed by atoms with Gasteiger partial charge in [0.2, 0.25) is 0 Å². The van der Waals surface area contributed by atoms with Gasteiger partial charge < -0.3 is 15.3 Å².